The smallest absolute Gasteiger partial charge is 0.255 e. The van der Waals surface area contributed by atoms with Crippen molar-refractivity contribution in [1.29, 1.82) is 0 Å². The summed E-state index contributed by atoms with van der Waals surface area (Å²) >= 11 is 0. The number of pyridine rings is 1. The van der Waals surface area contributed by atoms with E-state index in [9.17, 15) is 4.79 Å². The van der Waals surface area contributed by atoms with Crippen LogP contribution in [0.4, 0.5) is 11.4 Å². The number of carbonyl (C=O) groups excluding carboxylic acids is 1. The van der Waals surface area contributed by atoms with Crippen LogP contribution in [0.15, 0.2) is 73.1 Å². The largest absolute Gasteiger partial charge is 0.455 e. The maximum absolute atomic E-state index is 12.6. The van der Waals surface area contributed by atoms with Crippen LogP contribution >= 0.6 is 0 Å². The molecule has 0 saturated carbocycles. The van der Waals surface area contributed by atoms with Crippen molar-refractivity contribution in [2.24, 2.45) is 0 Å². The van der Waals surface area contributed by atoms with Crippen LogP contribution in [0.5, 0.6) is 11.5 Å². The quantitative estimate of drug-likeness (QED) is 0.636. The summed E-state index contributed by atoms with van der Waals surface area (Å²) in [6.07, 6.45) is 3.29. The third-order valence-electron chi connectivity index (χ3n) is 4.17. The van der Waals surface area contributed by atoms with Gasteiger partial charge in [-0.15, -0.1) is 0 Å². The fraction of sp³-hybridized carbons (Fsp3) is 0.182. The van der Waals surface area contributed by atoms with Crippen LogP contribution in [0.3, 0.4) is 0 Å². The highest BCUT2D eigenvalue weighted by Gasteiger charge is 2.14. The molecule has 0 saturated heterocycles. The predicted molar refractivity (Wildman–Crippen MR) is 108 cm³/mol. The van der Waals surface area contributed by atoms with Crippen molar-refractivity contribution in [2.45, 2.75) is 13.8 Å². The maximum Gasteiger partial charge on any atom is 0.255 e. The molecule has 0 radical (unpaired) electrons. The van der Waals surface area contributed by atoms with Gasteiger partial charge in [0.2, 0.25) is 0 Å². The van der Waals surface area contributed by atoms with Crippen LogP contribution in [-0.4, -0.2) is 28.9 Å². The van der Waals surface area contributed by atoms with Gasteiger partial charge in [-0.05, 0) is 44.2 Å². The number of benzene rings is 2. The zero-order valence-electron chi connectivity index (χ0n) is 15.6. The average Bonchev–Trinajstić information content (AvgIpc) is 2.71. The summed E-state index contributed by atoms with van der Waals surface area (Å²) in [4.78, 5) is 18.5. The maximum atomic E-state index is 12.6. The second-order valence-electron chi connectivity index (χ2n) is 5.98. The molecule has 27 heavy (non-hydrogen) atoms. The van der Waals surface area contributed by atoms with Gasteiger partial charge in [0.15, 0.2) is 5.75 Å². The molecule has 3 rings (SSSR count). The zero-order chi connectivity index (χ0) is 19.1. The molecule has 0 spiro atoms. The molecule has 0 unspecified atom stereocenters. The number of hydrogen-bond acceptors (Lipinski definition) is 4. The number of nitrogens with zero attached hydrogens (tertiary/aromatic N) is 2. The molecule has 5 nitrogen and oxygen atoms in total. The van der Waals surface area contributed by atoms with E-state index in [0.29, 0.717) is 24.4 Å². The second kappa shape index (κ2) is 8.85. The topological polar surface area (TPSA) is 54.5 Å². The van der Waals surface area contributed by atoms with E-state index in [1.165, 1.54) is 0 Å². The Balaban J connectivity index is 1.82. The number of ether oxygens (including phenoxy) is 1. The molecule has 138 valence electrons. The van der Waals surface area contributed by atoms with Crippen LogP contribution < -0.4 is 10.1 Å². The molecule has 0 atom stereocenters. The molecule has 2 aromatic carbocycles. The molecule has 0 fully saturated rings. The molecule has 0 aliphatic heterocycles. The van der Waals surface area contributed by atoms with Gasteiger partial charge in [0.25, 0.3) is 5.91 Å². The minimum atomic E-state index is -0.0232. The predicted octanol–water partition coefficient (Wildman–Crippen LogP) is 5.10. The van der Waals surface area contributed by atoms with Gasteiger partial charge in [-0.2, -0.15) is 0 Å². The van der Waals surface area contributed by atoms with Crippen molar-refractivity contribution < 1.29 is 9.53 Å². The zero-order valence-corrected chi connectivity index (χ0v) is 15.6. The van der Waals surface area contributed by atoms with E-state index < -0.39 is 0 Å². The lowest BCUT2D eigenvalue weighted by Gasteiger charge is -2.19. The fourth-order valence-electron chi connectivity index (χ4n) is 2.75. The summed E-state index contributed by atoms with van der Waals surface area (Å²) in [5, 5.41) is 3.30. The Labute approximate surface area is 159 Å². The number of para-hydroxylation sites is 3. The molecule has 1 N–H and O–H groups in total. The van der Waals surface area contributed by atoms with Crippen LogP contribution in [0, 0.1) is 0 Å². The standard InChI is InChI=1S/C22H23N3O2/c1-3-25(4-2)22(26)17-14-18(16-23-15-17)24-20-12-8-9-13-21(20)27-19-10-6-5-7-11-19/h5-16,24H,3-4H2,1-2H3. The van der Waals surface area contributed by atoms with E-state index in [-0.39, 0.29) is 5.91 Å². The number of amides is 1. The van der Waals surface area contributed by atoms with Crippen molar-refractivity contribution >= 4 is 17.3 Å². The number of aromatic nitrogens is 1. The van der Waals surface area contributed by atoms with Crippen LogP contribution in [0.1, 0.15) is 24.2 Å². The van der Waals surface area contributed by atoms with E-state index in [1.54, 1.807) is 17.3 Å². The molecule has 0 aliphatic rings. The lowest BCUT2D eigenvalue weighted by molar-refractivity contribution is 0.0772. The SMILES string of the molecule is CCN(CC)C(=O)c1cncc(Nc2ccccc2Oc2ccccc2)c1. The van der Waals surface area contributed by atoms with E-state index in [0.717, 1.165) is 17.1 Å². The monoisotopic (exact) mass is 361 g/mol. The molecular formula is C22H23N3O2. The Morgan fingerprint density at radius 3 is 2.44 bits per heavy atom. The Hall–Kier alpha value is -3.34. The Bertz CT molecular complexity index is 893. The van der Waals surface area contributed by atoms with Crippen LogP contribution in [0.25, 0.3) is 0 Å². The Morgan fingerprint density at radius 1 is 1.00 bits per heavy atom. The second-order valence-corrected chi connectivity index (χ2v) is 5.98. The molecule has 0 aliphatic carbocycles. The van der Waals surface area contributed by atoms with Gasteiger partial charge in [-0.3, -0.25) is 9.78 Å². The third kappa shape index (κ3) is 4.64. The number of hydrogen-bond donors (Lipinski definition) is 1. The number of nitrogens with one attached hydrogen (secondary N) is 1. The molecule has 1 amide bonds. The molecular weight excluding hydrogens is 338 g/mol. The van der Waals surface area contributed by atoms with Gasteiger partial charge < -0.3 is 15.0 Å². The molecule has 1 heterocycles. The first-order valence-corrected chi connectivity index (χ1v) is 9.04. The van der Waals surface area contributed by atoms with Gasteiger partial charge >= 0.3 is 0 Å². The average molecular weight is 361 g/mol. The highest BCUT2D eigenvalue weighted by molar-refractivity contribution is 5.95. The van der Waals surface area contributed by atoms with Gasteiger partial charge in [-0.1, -0.05) is 30.3 Å². The minimum absolute atomic E-state index is 0.0232. The number of anilines is 2. The highest BCUT2D eigenvalue weighted by Crippen LogP contribution is 2.31. The molecule has 0 bridgehead atoms. The lowest BCUT2D eigenvalue weighted by Crippen LogP contribution is -2.30. The summed E-state index contributed by atoms with van der Waals surface area (Å²) in [6.45, 7) is 5.27. The van der Waals surface area contributed by atoms with Crippen molar-refractivity contribution in [1.82, 2.24) is 9.88 Å². The van der Waals surface area contributed by atoms with Crippen molar-refractivity contribution in [2.75, 3.05) is 18.4 Å². The highest BCUT2D eigenvalue weighted by atomic mass is 16.5. The van der Waals surface area contributed by atoms with E-state index in [1.807, 2.05) is 74.5 Å². The fourth-order valence-corrected chi connectivity index (χ4v) is 2.75. The first kappa shape index (κ1) is 18.5. The Kier molecular flexibility index (Phi) is 6.05. The van der Waals surface area contributed by atoms with Crippen molar-refractivity contribution in [3.8, 4) is 11.5 Å². The summed E-state index contributed by atoms with van der Waals surface area (Å²) in [7, 11) is 0. The lowest BCUT2D eigenvalue weighted by atomic mass is 10.2. The Morgan fingerprint density at radius 2 is 1.70 bits per heavy atom. The third-order valence-corrected chi connectivity index (χ3v) is 4.17. The molecule has 5 heteroatoms. The number of rotatable bonds is 7. The van der Waals surface area contributed by atoms with Gasteiger partial charge in [0, 0.05) is 19.3 Å². The normalized spacial score (nSPS) is 10.3. The van der Waals surface area contributed by atoms with Gasteiger partial charge in [0.1, 0.15) is 5.75 Å². The summed E-state index contributed by atoms with van der Waals surface area (Å²) in [5.74, 6) is 1.43. The van der Waals surface area contributed by atoms with E-state index >= 15 is 0 Å². The van der Waals surface area contributed by atoms with Crippen molar-refractivity contribution in [3.63, 3.8) is 0 Å². The number of carbonyl (C=O) groups is 1. The molecule has 1 aromatic heterocycles. The first-order chi connectivity index (χ1) is 13.2. The summed E-state index contributed by atoms with van der Waals surface area (Å²) in [5.41, 5.74) is 2.10. The van der Waals surface area contributed by atoms with Crippen LogP contribution in [-0.2, 0) is 0 Å². The molecule has 3 aromatic rings. The van der Waals surface area contributed by atoms with Gasteiger partial charge in [0.05, 0.1) is 23.1 Å². The van der Waals surface area contributed by atoms with Crippen molar-refractivity contribution in [3.05, 3.63) is 78.6 Å². The van der Waals surface area contributed by atoms with E-state index in [2.05, 4.69) is 10.3 Å². The summed E-state index contributed by atoms with van der Waals surface area (Å²) < 4.78 is 5.97. The summed E-state index contributed by atoms with van der Waals surface area (Å²) in [6, 6.07) is 19.1. The minimum Gasteiger partial charge on any atom is -0.455 e. The van der Waals surface area contributed by atoms with E-state index in [4.69, 9.17) is 4.74 Å². The van der Waals surface area contributed by atoms with Crippen LogP contribution in [0.2, 0.25) is 0 Å². The first-order valence-electron chi connectivity index (χ1n) is 9.04. The van der Waals surface area contributed by atoms with Gasteiger partial charge in [-0.25, -0.2) is 0 Å².